The van der Waals surface area contributed by atoms with Crippen molar-refractivity contribution in [2.24, 2.45) is 0 Å². The summed E-state index contributed by atoms with van der Waals surface area (Å²) in [5.41, 5.74) is 2.79. The molecule has 0 unspecified atom stereocenters. The third kappa shape index (κ3) is 4.35. The van der Waals surface area contributed by atoms with Crippen LogP contribution in [0.4, 0.5) is 4.39 Å². The zero-order valence-corrected chi connectivity index (χ0v) is 18.1. The highest BCUT2D eigenvalue weighted by atomic mass is 32.1. The Morgan fingerprint density at radius 1 is 0.969 bits per heavy atom. The van der Waals surface area contributed by atoms with Crippen LogP contribution in [0, 0.1) is 12.7 Å². The maximum Gasteiger partial charge on any atom is 0.123 e. The van der Waals surface area contributed by atoms with Crippen LogP contribution in [0.1, 0.15) is 33.8 Å². The van der Waals surface area contributed by atoms with Gasteiger partial charge >= 0.3 is 0 Å². The highest BCUT2D eigenvalue weighted by Gasteiger charge is 2.44. The Balaban J connectivity index is 1.62. The standard InChI is InChI=1S/C24H25FO6S/c1-12-2-3-14(24-23(30)22(29)21(28)17(11-26)31-24)10-16(12)20(27)19-9-8-18(32-19)13-4-6-15(25)7-5-13/h2-10,17,20-24,26-30H,11H2,1H3/t17-,20+,21-,22+,23-,24+/m1/s1. The highest BCUT2D eigenvalue weighted by molar-refractivity contribution is 7.15. The van der Waals surface area contributed by atoms with Crippen LogP contribution in [-0.4, -0.2) is 56.6 Å². The van der Waals surface area contributed by atoms with Crippen molar-refractivity contribution in [3.63, 3.8) is 0 Å². The molecule has 2 aromatic carbocycles. The molecule has 1 aliphatic heterocycles. The number of hydrogen-bond donors (Lipinski definition) is 5. The van der Waals surface area contributed by atoms with E-state index in [1.807, 2.05) is 19.1 Å². The fraction of sp³-hybridized carbons (Fsp3) is 0.333. The Morgan fingerprint density at radius 3 is 2.38 bits per heavy atom. The van der Waals surface area contributed by atoms with Crippen LogP contribution in [0.5, 0.6) is 0 Å². The summed E-state index contributed by atoms with van der Waals surface area (Å²) >= 11 is 1.39. The number of ether oxygens (including phenoxy) is 1. The summed E-state index contributed by atoms with van der Waals surface area (Å²) in [4.78, 5) is 1.58. The summed E-state index contributed by atoms with van der Waals surface area (Å²) in [6, 6.07) is 15.0. The maximum absolute atomic E-state index is 13.2. The number of halogens is 1. The van der Waals surface area contributed by atoms with Crippen LogP contribution in [0.25, 0.3) is 10.4 Å². The van der Waals surface area contributed by atoms with Crippen molar-refractivity contribution in [1.82, 2.24) is 0 Å². The third-order valence-electron chi connectivity index (χ3n) is 5.84. The van der Waals surface area contributed by atoms with Gasteiger partial charge < -0.3 is 30.3 Å². The minimum absolute atomic E-state index is 0.314. The molecular formula is C24H25FO6S. The van der Waals surface area contributed by atoms with Gasteiger partial charge in [0.15, 0.2) is 0 Å². The Kier molecular flexibility index (Phi) is 6.73. The molecular weight excluding hydrogens is 435 g/mol. The van der Waals surface area contributed by atoms with Crippen LogP contribution in [0.3, 0.4) is 0 Å². The van der Waals surface area contributed by atoms with Gasteiger partial charge in [-0.3, -0.25) is 0 Å². The van der Waals surface area contributed by atoms with E-state index in [-0.39, 0.29) is 5.82 Å². The SMILES string of the molecule is Cc1ccc([C@@H]2O[C@H](CO)[C@@H](O)[C@H](O)[C@H]2O)cc1[C@H](O)c1ccc(-c2ccc(F)cc2)s1. The Hall–Kier alpha value is -2.17. The number of thiophene rings is 1. The molecule has 1 aromatic heterocycles. The van der Waals surface area contributed by atoms with E-state index in [4.69, 9.17) is 4.74 Å². The summed E-state index contributed by atoms with van der Waals surface area (Å²) in [5, 5.41) is 51.1. The van der Waals surface area contributed by atoms with E-state index in [1.165, 1.54) is 23.5 Å². The Morgan fingerprint density at radius 2 is 1.69 bits per heavy atom. The lowest BCUT2D eigenvalue weighted by molar-refractivity contribution is -0.231. The van der Waals surface area contributed by atoms with Crippen LogP contribution in [0.15, 0.2) is 54.6 Å². The monoisotopic (exact) mass is 460 g/mol. The van der Waals surface area contributed by atoms with E-state index in [1.54, 1.807) is 30.3 Å². The van der Waals surface area contributed by atoms with E-state index < -0.39 is 43.2 Å². The van der Waals surface area contributed by atoms with Crippen LogP contribution < -0.4 is 0 Å². The predicted octanol–water partition coefficient (Wildman–Crippen LogP) is 2.46. The quantitative estimate of drug-likeness (QED) is 0.400. The molecule has 6 nitrogen and oxygen atoms in total. The van der Waals surface area contributed by atoms with Crippen LogP contribution in [0.2, 0.25) is 0 Å². The molecule has 1 fully saturated rings. The van der Waals surface area contributed by atoms with Gasteiger partial charge in [0.05, 0.1) is 6.61 Å². The minimum atomic E-state index is -1.48. The summed E-state index contributed by atoms with van der Waals surface area (Å²) in [5.74, 6) is -0.314. The molecule has 0 saturated carbocycles. The molecule has 0 amide bonds. The van der Waals surface area contributed by atoms with E-state index in [9.17, 15) is 29.9 Å². The van der Waals surface area contributed by atoms with Crippen molar-refractivity contribution in [1.29, 1.82) is 0 Å². The molecule has 0 bridgehead atoms. The fourth-order valence-electron chi connectivity index (χ4n) is 3.93. The van der Waals surface area contributed by atoms with Gasteiger partial charge in [0, 0.05) is 9.75 Å². The molecule has 0 aliphatic carbocycles. The first-order valence-electron chi connectivity index (χ1n) is 10.2. The average molecular weight is 461 g/mol. The lowest BCUT2D eigenvalue weighted by atomic mass is 9.89. The van der Waals surface area contributed by atoms with Crippen LogP contribution in [-0.2, 0) is 4.74 Å². The van der Waals surface area contributed by atoms with Gasteiger partial charge in [0.2, 0.25) is 0 Å². The number of rotatable bonds is 5. The van der Waals surface area contributed by atoms with Gasteiger partial charge in [0.1, 0.15) is 42.4 Å². The molecule has 4 rings (SSSR count). The van der Waals surface area contributed by atoms with Crippen molar-refractivity contribution in [2.45, 2.75) is 43.5 Å². The maximum atomic E-state index is 13.2. The van der Waals surface area contributed by atoms with Crippen LogP contribution >= 0.6 is 11.3 Å². The zero-order chi connectivity index (χ0) is 23.0. The third-order valence-corrected chi connectivity index (χ3v) is 7.03. The lowest BCUT2D eigenvalue weighted by Crippen LogP contribution is -2.55. The zero-order valence-electron chi connectivity index (χ0n) is 17.3. The largest absolute Gasteiger partial charge is 0.394 e. The first kappa shape index (κ1) is 23.0. The van der Waals surface area contributed by atoms with Gasteiger partial charge in [-0.15, -0.1) is 11.3 Å². The summed E-state index contributed by atoms with van der Waals surface area (Å²) < 4.78 is 18.9. The van der Waals surface area contributed by atoms with Gasteiger partial charge in [0.25, 0.3) is 0 Å². The normalized spacial score (nSPS) is 26.8. The minimum Gasteiger partial charge on any atom is -0.394 e. The second-order valence-electron chi connectivity index (χ2n) is 7.98. The number of hydrogen-bond acceptors (Lipinski definition) is 7. The molecule has 32 heavy (non-hydrogen) atoms. The van der Waals surface area contributed by atoms with E-state index in [2.05, 4.69) is 0 Å². The van der Waals surface area contributed by atoms with Gasteiger partial charge in [-0.1, -0.05) is 24.3 Å². The van der Waals surface area contributed by atoms with E-state index >= 15 is 0 Å². The Bertz CT molecular complexity index is 1070. The predicted molar refractivity (Wildman–Crippen MR) is 118 cm³/mol. The first-order chi connectivity index (χ1) is 15.3. The number of aryl methyl sites for hydroxylation is 1. The topological polar surface area (TPSA) is 110 Å². The molecule has 6 atom stereocenters. The van der Waals surface area contributed by atoms with Gasteiger partial charge in [-0.05, 0) is 59.5 Å². The lowest BCUT2D eigenvalue weighted by Gasteiger charge is -2.40. The van der Waals surface area contributed by atoms with Crippen molar-refractivity contribution in [3.8, 4) is 10.4 Å². The highest BCUT2D eigenvalue weighted by Crippen LogP contribution is 2.38. The number of benzene rings is 2. The van der Waals surface area contributed by atoms with E-state index in [0.29, 0.717) is 16.0 Å². The number of aliphatic hydroxyl groups is 5. The molecule has 2 heterocycles. The van der Waals surface area contributed by atoms with Crippen molar-refractivity contribution in [3.05, 3.63) is 82.0 Å². The smallest absolute Gasteiger partial charge is 0.123 e. The molecule has 1 saturated heterocycles. The van der Waals surface area contributed by atoms with E-state index in [0.717, 1.165) is 16.0 Å². The average Bonchev–Trinajstić information content (AvgIpc) is 3.29. The number of aliphatic hydroxyl groups excluding tert-OH is 5. The van der Waals surface area contributed by atoms with Crippen molar-refractivity contribution in [2.75, 3.05) is 6.61 Å². The molecule has 8 heteroatoms. The molecule has 5 N–H and O–H groups in total. The summed E-state index contributed by atoms with van der Waals surface area (Å²) in [6.07, 6.45) is -7.24. The van der Waals surface area contributed by atoms with Crippen molar-refractivity contribution >= 4 is 11.3 Å². The fourth-order valence-corrected chi connectivity index (χ4v) is 4.95. The van der Waals surface area contributed by atoms with Crippen molar-refractivity contribution < 1.29 is 34.7 Å². The second kappa shape index (κ2) is 9.36. The molecule has 170 valence electrons. The molecule has 1 aliphatic rings. The van der Waals surface area contributed by atoms with Gasteiger partial charge in [-0.25, -0.2) is 4.39 Å². The van der Waals surface area contributed by atoms with Gasteiger partial charge in [-0.2, -0.15) is 0 Å². The molecule has 0 spiro atoms. The first-order valence-corrected chi connectivity index (χ1v) is 11.1. The Labute approximate surface area is 188 Å². The second-order valence-corrected chi connectivity index (χ2v) is 9.09. The molecule has 3 aromatic rings. The molecule has 0 radical (unpaired) electrons. The summed E-state index contributed by atoms with van der Waals surface area (Å²) in [6.45, 7) is 1.34. The summed E-state index contributed by atoms with van der Waals surface area (Å²) in [7, 11) is 0.